The van der Waals surface area contributed by atoms with Crippen LogP contribution in [0.25, 0.3) is 0 Å². The van der Waals surface area contributed by atoms with Crippen LogP contribution in [0.2, 0.25) is 0 Å². The van der Waals surface area contributed by atoms with Gasteiger partial charge in [-0.25, -0.2) is 0 Å². The van der Waals surface area contributed by atoms with Crippen molar-refractivity contribution in [3.8, 4) is 5.75 Å². The Morgan fingerprint density at radius 1 is 0.848 bits per heavy atom. The molecule has 3 aromatic rings. The Labute approximate surface area is 203 Å². The van der Waals surface area contributed by atoms with E-state index in [1.807, 2.05) is 30.3 Å². The number of carbonyl (C=O) groups excluding carboxylic acids is 2. The maximum absolute atomic E-state index is 12.7. The molecule has 0 aromatic heterocycles. The monoisotopic (exact) mass is 508 g/mol. The van der Waals surface area contributed by atoms with Gasteiger partial charge < -0.3 is 15.4 Å². The molecule has 0 unspecified atom stereocenters. The molecule has 3 aromatic carbocycles. The minimum atomic E-state index is -0.257. The van der Waals surface area contributed by atoms with Gasteiger partial charge in [0, 0.05) is 23.4 Å². The van der Waals surface area contributed by atoms with Gasteiger partial charge in [0.05, 0.1) is 11.1 Å². The first-order valence-corrected chi connectivity index (χ1v) is 12.0. The predicted molar refractivity (Wildman–Crippen MR) is 136 cm³/mol. The van der Waals surface area contributed by atoms with Crippen molar-refractivity contribution in [2.75, 3.05) is 11.9 Å². The Morgan fingerprint density at radius 2 is 1.64 bits per heavy atom. The highest BCUT2D eigenvalue weighted by Gasteiger charge is 2.12. The van der Waals surface area contributed by atoms with E-state index < -0.39 is 0 Å². The fraction of sp³-hybridized carbons (Fsp3) is 0.259. The van der Waals surface area contributed by atoms with Gasteiger partial charge in [0.2, 0.25) is 0 Å². The van der Waals surface area contributed by atoms with Crippen molar-refractivity contribution in [2.45, 2.75) is 39.2 Å². The average Bonchev–Trinajstić information content (AvgIpc) is 2.84. The number of anilines is 1. The molecule has 0 heterocycles. The summed E-state index contributed by atoms with van der Waals surface area (Å²) in [6.07, 6.45) is 4.56. The van der Waals surface area contributed by atoms with Gasteiger partial charge in [-0.15, -0.1) is 0 Å². The zero-order valence-corrected chi connectivity index (χ0v) is 20.4. The normalized spacial score (nSPS) is 10.5. The standard InChI is InChI=1S/C27H29BrN2O3/c1-2-3-4-8-16-33-25-15-14-22(18-24(25)28)27(32)30-23-13-9-12-21(17-23)26(31)29-19-20-10-6-5-7-11-20/h5-7,9-15,17-18H,2-4,8,16,19H2,1H3,(H,29,31)(H,30,32). The molecule has 172 valence electrons. The van der Waals surface area contributed by atoms with E-state index in [2.05, 4.69) is 33.5 Å². The van der Waals surface area contributed by atoms with E-state index >= 15 is 0 Å². The number of carbonyl (C=O) groups is 2. The van der Waals surface area contributed by atoms with Gasteiger partial charge in [0.15, 0.2) is 0 Å². The molecule has 0 aliphatic rings. The van der Waals surface area contributed by atoms with E-state index in [-0.39, 0.29) is 11.8 Å². The van der Waals surface area contributed by atoms with E-state index in [4.69, 9.17) is 4.74 Å². The third-order valence-electron chi connectivity index (χ3n) is 5.13. The van der Waals surface area contributed by atoms with Crippen molar-refractivity contribution < 1.29 is 14.3 Å². The van der Waals surface area contributed by atoms with Crippen molar-refractivity contribution in [3.63, 3.8) is 0 Å². The second-order valence-corrected chi connectivity index (χ2v) is 8.61. The molecule has 0 spiro atoms. The number of hydrogen-bond donors (Lipinski definition) is 2. The lowest BCUT2D eigenvalue weighted by Crippen LogP contribution is -2.23. The van der Waals surface area contributed by atoms with Gasteiger partial charge in [-0.2, -0.15) is 0 Å². The van der Waals surface area contributed by atoms with Crippen molar-refractivity contribution in [2.24, 2.45) is 0 Å². The maximum atomic E-state index is 12.7. The maximum Gasteiger partial charge on any atom is 0.255 e. The predicted octanol–water partition coefficient (Wildman–Crippen LogP) is 6.59. The number of unbranched alkanes of at least 4 members (excludes halogenated alkanes) is 3. The number of ether oxygens (including phenoxy) is 1. The Balaban J connectivity index is 1.56. The number of benzene rings is 3. The van der Waals surface area contributed by atoms with Gasteiger partial charge in [-0.1, -0.05) is 62.6 Å². The minimum absolute atomic E-state index is 0.196. The van der Waals surface area contributed by atoms with Gasteiger partial charge in [0.1, 0.15) is 5.75 Å². The molecule has 0 radical (unpaired) electrons. The van der Waals surface area contributed by atoms with Crippen LogP contribution in [0.4, 0.5) is 5.69 Å². The highest BCUT2D eigenvalue weighted by molar-refractivity contribution is 9.10. The molecule has 0 fully saturated rings. The lowest BCUT2D eigenvalue weighted by Gasteiger charge is -2.11. The molecular formula is C27H29BrN2O3. The molecule has 2 amide bonds. The smallest absolute Gasteiger partial charge is 0.255 e. The zero-order valence-electron chi connectivity index (χ0n) is 18.8. The molecule has 3 rings (SSSR count). The first kappa shape index (κ1) is 24.5. The molecular weight excluding hydrogens is 480 g/mol. The molecule has 0 atom stereocenters. The minimum Gasteiger partial charge on any atom is -0.492 e. The third-order valence-corrected chi connectivity index (χ3v) is 5.75. The summed E-state index contributed by atoms with van der Waals surface area (Å²) in [5.74, 6) is 0.269. The average molecular weight is 509 g/mol. The van der Waals surface area contributed by atoms with Crippen LogP contribution in [-0.4, -0.2) is 18.4 Å². The summed E-state index contributed by atoms with van der Waals surface area (Å²) in [4.78, 5) is 25.2. The zero-order chi connectivity index (χ0) is 23.5. The van der Waals surface area contributed by atoms with E-state index in [0.717, 1.165) is 28.6 Å². The Bertz CT molecular complexity index is 1070. The lowest BCUT2D eigenvalue weighted by molar-refractivity contribution is 0.0949. The van der Waals surface area contributed by atoms with Gasteiger partial charge in [-0.05, 0) is 64.3 Å². The number of halogens is 1. The van der Waals surface area contributed by atoms with Crippen molar-refractivity contribution in [1.82, 2.24) is 5.32 Å². The summed E-state index contributed by atoms with van der Waals surface area (Å²) in [7, 11) is 0. The Hall–Kier alpha value is -3.12. The van der Waals surface area contributed by atoms with Crippen molar-refractivity contribution in [1.29, 1.82) is 0 Å². The fourth-order valence-electron chi connectivity index (χ4n) is 3.29. The van der Waals surface area contributed by atoms with Crippen LogP contribution in [0.3, 0.4) is 0 Å². The summed E-state index contributed by atoms with van der Waals surface area (Å²) in [5, 5.41) is 5.76. The molecule has 0 aliphatic carbocycles. The number of amides is 2. The van der Waals surface area contributed by atoms with E-state index in [9.17, 15) is 9.59 Å². The molecule has 0 saturated heterocycles. The highest BCUT2D eigenvalue weighted by atomic mass is 79.9. The molecule has 0 bridgehead atoms. The third kappa shape index (κ3) is 7.75. The Morgan fingerprint density at radius 3 is 2.39 bits per heavy atom. The van der Waals surface area contributed by atoms with Gasteiger partial charge in [0.25, 0.3) is 11.8 Å². The quantitative estimate of drug-likeness (QED) is 0.287. The van der Waals surface area contributed by atoms with Gasteiger partial charge >= 0.3 is 0 Å². The first-order valence-electron chi connectivity index (χ1n) is 11.2. The highest BCUT2D eigenvalue weighted by Crippen LogP contribution is 2.27. The van der Waals surface area contributed by atoms with Crippen LogP contribution < -0.4 is 15.4 Å². The molecule has 0 saturated carbocycles. The van der Waals surface area contributed by atoms with Crippen LogP contribution in [0.5, 0.6) is 5.75 Å². The number of rotatable bonds is 11. The van der Waals surface area contributed by atoms with Gasteiger partial charge in [-0.3, -0.25) is 9.59 Å². The summed E-state index contributed by atoms with van der Waals surface area (Å²) in [6, 6.07) is 21.9. The summed E-state index contributed by atoms with van der Waals surface area (Å²) in [5.41, 5.74) is 2.56. The second kappa shape index (κ2) is 12.8. The van der Waals surface area contributed by atoms with Crippen molar-refractivity contribution >= 4 is 33.4 Å². The van der Waals surface area contributed by atoms with Crippen LogP contribution in [0, 0.1) is 0 Å². The molecule has 2 N–H and O–H groups in total. The largest absolute Gasteiger partial charge is 0.492 e. The second-order valence-electron chi connectivity index (χ2n) is 7.76. The lowest BCUT2D eigenvalue weighted by atomic mass is 10.1. The molecule has 0 aliphatic heterocycles. The summed E-state index contributed by atoms with van der Waals surface area (Å²) in [6.45, 7) is 3.28. The Kier molecular flexibility index (Phi) is 9.51. The van der Waals surface area contributed by atoms with Crippen LogP contribution in [0.15, 0.2) is 77.3 Å². The SMILES string of the molecule is CCCCCCOc1ccc(C(=O)Nc2cccc(C(=O)NCc3ccccc3)c2)cc1Br. The first-order chi connectivity index (χ1) is 16.1. The van der Waals surface area contributed by atoms with Crippen molar-refractivity contribution in [3.05, 3.63) is 94.0 Å². The van der Waals surface area contributed by atoms with Crippen LogP contribution in [0.1, 0.15) is 58.9 Å². The van der Waals surface area contributed by atoms with Crippen LogP contribution in [-0.2, 0) is 6.54 Å². The topological polar surface area (TPSA) is 67.4 Å². The van der Waals surface area contributed by atoms with E-state index in [1.54, 1.807) is 42.5 Å². The summed E-state index contributed by atoms with van der Waals surface area (Å²) < 4.78 is 6.55. The number of nitrogens with one attached hydrogen (secondary N) is 2. The molecule has 5 nitrogen and oxygen atoms in total. The van der Waals surface area contributed by atoms with E-state index in [0.29, 0.717) is 30.0 Å². The van der Waals surface area contributed by atoms with Crippen LogP contribution >= 0.6 is 15.9 Å². The number of hydrogen-bond acceptors (Lipinski definition) is 3. The molecule has 33 heavy (non-hydrogen) atoms. The molecule has 6 heteroatoms. The summed E-state index contributed by atoms with van der Waals surface area (Å²) >= 11 is 3.49. The van der Waals surface area contributed by atoms with E-state index in [1.165, 1.54) is 12.8 Å². The fourth-order valence-corrected chi connectivity index (χ4v) is 3.79.